The number of carbonyl (C=O) groups is 3. The third-order valence-corrected chi connectivity index (χ3v) is 5.40. The van der Waals surface area contributed by atoms with Gasteiger partial charge in [0.25, 0.3) is 0 Å². The second-order valence-electron chi connectivity index (χ2n) is 7.46. The van der Waals surface area contributed by atoms with E-state index in [0.29, 0.717) is 18.0 Å². The van der Waals surface area contributed by atoms with E-state index in [2.05, 4.69) is 11.9 Å². The van der Waals surface area contributed by atoms with Crippen LogP contribution in [0, 0.1) is 5.92 Å². The summed E-state index contributed by atoms with van der Waals surface area (Å²) in [6.45, 7) is 4.16. The second kappa shape index (κ2) is 10.8. The van der Waals surface area contributed by atoms with Crippen molar-refractivity contribution in [3.8, 4) is 0 Å². The summed E-state index contributed by atoms with van der Waals surface area (Å²) in [7, 11) is 0. The number of cyclic esters (lactones) is 1. The summed E-state index contributed by atoms with van der Waals surface area (Å²) in [5.41, 5.74) is 1.90. The van der Waals surface area contributed by atoms with Crippen LogP contribution in [0.3, 0.4) is 0 Å². The van der Waals surface area contributed by atoms with Crippen LogP contribution in [0.1, 0.15) is 24.0 Å². The maximum absolute atomic E-state index is 13.2. The molecule has 1 N–H and O–H groups in total. The Morgan fingerprint density at radius 3 is 2.55 bits per heavy atom. The molecule has 1 aliphatic rings. The molecule has 2 atom stereocenters. The number of ether oxygens (including phenoxy) is 1. The molecule has 1 aliphatic heterocycles. The van der Waals surface area contributed by atoms with E-state index in [-0.39, 0.29) is 25.4 Å². The Morgan fingerprint density at radius 1 is 1.16 bits per heavy atom. The molecule has 1 saturated heterocycles. The van der Waals surface area contributed by atoms with Gasteiger partial charge in [-0.05, 0) is 36.1 Å². The number of rotatable bonds is 9. The van der Waals surface area contributed by atoms with Crippen LogP contribution in [0.5, 0.6) is 0 Å². The van der Waals surface area contributed by atoms with Crippen molar-refractivity contribution in [2.45, 2.75) is 31.8 Å². The van der Waals surface area contributed by atoms with E-state index in [1.54, 1.807) is 18.2 Å². The van der Waals surface area contributed by atoms with E-state index in [1.165, 1.54) is 0 Å². The number of halogens is 1. The lowest BCUT2D eigenvalue weighted by atomic mass is 9.97. The van der Waals surface area contributed by atoms with Crippen LogP contribution in [-0.2, 0) is 27.3 Å². The van der Waals surface area contributed by atoms with Crippen molar-refractivity contribution < 1.29 is 19.1 Å². The molecule has 0 bridgehead atoms. The molecule has 31 heavy (non-hydrogen) atoms. The average Bonchev–Trinajstić information content (AvgIpc) is 3.13. The van der Waals surface area contributed by atoms with E-state index in [1.807, 2.05) is 42.5 Å². The SMILES string of the molecule is C=CC[C@@H](CC(=O)NCc1ccc(Cl)cc1)C(=O)N1C(=O)OC[C@H]1Cc1ccccc1. The molecule has 0 spiro atoms. The van der Waals surface area contributed by atoms with Crippen LogP contribution in [0.2, 0.25) is 5.02 Å². The highest BCUT2D eigenvalue weighted by molar-refractivity contribution is 6.30. The standard InChI is InChI=1S/C24H25ClN2O4/c1-2-6-19(14-22(28)26-15-18-9-11-20(25)12-10-18)23(29)27-21(16-31-24(27)30)13-17-7-4-3-5-8-17/h2-5,7-12,19,21H,1,6,13-16H2,(H,26,28)/t19-,21+/m0/s1. The van der Waals surface area contributed by atoms with Crippen molar-refractivity contribution in [2.24, 2.45) is 5.92 Å². The van der Waals surface area contributed by atoms with Crippen molar-refractivity contribution >= 4 is 29.5 Å². The summed E-state index contributed by atoms with van der Waals surface area (Å²) in [6.07, 6.45) is 1.67. The second-order valence-corrected chi connectivity index (χ2v) is 7.89. The fourth-order valence-electron chi connectivity index (χ4n) is 3.54. The summed E-state index contributed by atoms with van der Waals surface area (Å²) in [5.74, 6) is -1.38. The molecule has 3 amide bonds. The van der Waals surface area contributed by atoms with Crippen molar-refractivity contribution in [1.82, 2.24) is 10.2 Å². The summed E-state index contributed by atoms with van der Waals surface area (Å²) >= 11 is 5.87. The topological polar surface area (TPSA) is 75.7 Å². The van der Waals surface area contributed by atoms with Gasteiger partial charge in [-0.1, -0.05) is 60.1 Å². The number of nitrogens with one attached hydrogen (secondary N) is 1. The summed E-state index contributed by atoms with van der Waals surface area (Å²) in [5, 5.41) is 3.43. The molecular formula is C24H25ClN2O4. The van der Waals surface area contributed by atoms with Gasteiger partial charge in [-0.3, -0.25) is 9.59 Å². The van der Waals surface area contributed by atoms with Crippen molar-refractivity contribution in [3.05, 3.63) is 83.4 Å². The molecule has 0 aromatic heterocycles. The number of hydrogen-bond donors (Lipinski definition) is 1. The monoisotopic (exact) mass is 440 g/mol. The quantitative estimate of drug-likeness (QED) is 0.595. The van der Waals surface area contributed by atoms with E-state index in [0.717, 1.165) is 16.0 Å². The smallest absolute Gasteiger partial charge is 0.416 e. The van der Waals surface area contributed by atoms with E-state index >= 15 is 0 Å². The first-order valence-electron chi connectivity index (χ1n) is 10.1. The number of amides is 3. The van der Waals surface area contributed by atoms with Crippen LogP contribution in [0.4, 0.5) is 4.79 Å². The van der Waals surface area contributed by atoms with Gasteiger partial charge in [0.1, 0.15) is 6.61 Å². The Labute approximate surface area is 186 Å². The summed E-state index contributed by atoms with van der Waals surface area (Å²) in [6, 6.07) is 16.4. The molecule has 0 radical (unpaired) electrons. The van der Waals surface area contributed by atoms with Crippen LogP contribution in [-0.4, -0.2) is 35.5 Å². The van der Waals surface area contributed by atoms with Crippen LogP contribution >= 0.6 is 11.6 Å². The molecule has 0 aliphatic carbocycles. The zero-order valence-electron chi connectivity index (χ0n) is 17.1. The van der Waals surface area contributed by atoms with Gasteiger partial charge in [0.2, 0.25) is 11.8 Å². The molecule has 6 nitrogen and oxygen atoms in total. The Balaban J connectivity index is 1.63. The van der Waals surface area contributed by atoms with Gasteiger partial charge >= 0.3 is 6.09 Å². The average molecular weight is 441 g/mol. The van der Waals surface area contributed by atoms with E-state index in [9.17, 15) is 14.4 Å². The molecule has 3 rings (SSSR count). The lowest BCUT2D eigenvalue weighted by Gasteiger charge is -2.24. The number of allylic oxidation sites excluding steroid dienone is 1. The molecule has 1 heterocycles. The summed E-state index contributed by atoms with van der Waals surface area (Å²) < 4.78 is 5.15. The molecule has 0 saturated carbocycles. The highest BCUT2D eigenvalue weighted by Gasteiger charge is 2.40. The Morgan fingerprint density at radius 2 is 1.87 bits per heavy atom. The van der Waals surface area contributed by atoms with Crippen molar-refractivity contribution in [1.29, 1.82) is 0 Å². The third-order valence-electron chi connectivity index (χ3n) is 5.15. The van der Waals surface area contributed by atoms with Gasteiger partial charge in [-0.15, -0.1) is 6.58 Å². The minimum atomic E-state index is -0.688. The minimum absolute atomic E-state index is 0.0414. The van der Waals surface area contributed by atoms with Crippen LogP contribution < -0.4 is 5.32 Å². The fourth-order valence-corrected chi connectivity index (χ4v) is 3.66. The van der Waals surface area contributed by atoms with Gasteiger partial charge in [0.15, 0.2) is 0 Å². The van der Waals surface area contributed by atoms with Gasteiger partial charge in [0, 0.05) is 18.0 Å². The first-order chi connectivity index (χ1) is 15.0. The predicted octanol–water partition coefficient (Wildman–Crippen LogP) is 4.13. The van der Waals surface area contributed by atoms with Crippen LogP contribution in [0.15, 0.2) is 67.3 Å². The van der Waals surface area contributed by atoms with Gasteiger partial charge in [0.05, 0.1) is 12.0 Å². The van der Waals surface area contributed by atoms with Crippen LogP contribution in [0.25, 0.3) is 0 Å². The number of benzene rings is 2. The molecule has 2 aromatic carbocycles. The third kappa shape index (κ3) is 6.18. The molecular weight excluding hydrogens is 416 g/mol. The summed E-state index contributed by atoms with van der Waals surface area (Å²) in [4.78, 5) is 39.1. The van der Waals surface area contributed by atoms with Gasteiger partial charge in [-0.2, -0.15) is 0 Å². The Hall–Kier alpha value is -3.12. The lowest BCUT2D eigenvalue weighted by Crippen LogP contribution is -2.44. The highest BCUT2D eigenvalue weighted by Crippen LogP contribution is 2.23. The minimum Gasteiger partial charge on any atom is -0.447 e. The largest absolute Gasteiger partial charge is 0.447 e. The van der Waals surface area contributed by atoms with Gasteiger partial charge in [-0.25, -0.2) is 9.69 Å². The maximum atomic E-state index is 13.2. The number of hydrogen-bond acceptors (Lipinski definition) is 4. The lowest BCUT2D eigenvalue weighted by molar-refractivity contribution is -0.136. The molecule has 1 fully saturated rings. The zero-order chi connectivity index (χ0) is 22.2. The van der Waals surface area contributed by atoms with Crippen molar-refractivity contribution in [2.75, 3.05) is 6.61 Å². The molecule has 2 aromatic rings. The highest BCUT2D eigenvalue weighted by atomic mass is 35.5. The number of imide groups is 1. The number of nitrogens with zero attached hydrogens (tertiary/aromatic N) is 1. The predicted molar refractivity (Wildman–Crippen MR) is 118 cm³/mol. The van der Waals surface area contributed by atoms with Gasteiger partial charge < -0.3 is 10.1 Å². The van der Waals surface area contributed by atoms with Crippen molar-refractivity contribution in [3.63, 3.8) is 0 Å². The van der Waals surface area contributed by atoms with E-state index in [4.69, 9.17) is 16.3 Å². The molecule has 162 valence electrons. The maximum Gasteiger partial charge on any atom is 0.416 e. The fraction of sp³-hybridized carbons (Fsp3) is 0.292. The molecule has 7 heteroatoms. The molecule has 0 unspecified atom stereocenters. The zero-order valence-corrected chi connectivity index (χ0v) is 17.9. The van der Waals surface area contributed by atoms with E-state index < -0.39 is 24.0 Å². The first kappa shape index (κ1) is 22.6. The Bertz CT molecular complexity index is 930. The number of carbonyl (C=O) groups excluding carboxylic acids is 3. The first-order valence-corrected chi connectivity index (χ1v) is 10.5. The normalized spacial score (nSPS) is 16.5. The Kier molecular flexibility index (Phi) is 7.84.